The summed E-state index contributed by atoms with van der Waals surface area (Å²) in [5, 5.41) is 0. The number of benzene rings is 1. The molecule has 0 aromatic heterocycles. The minimum atomic E-state index is -0.441. The highest BCUT2D eigenvalue weighted by atomic mass is 16.5. The lowest BCUT2D eigenvalue weighted by atomic mass is 9.71. The predicted octanol–water partition coefficient (Wildman–Crippen LogP) is 2.45. The zero-order chi connectivity index (χ0) is 10.9. The van der Waals surface area contributed by atoms with Crippen LogP contribution in [0.3, 0.4) is 0 Å². The van der Waals surface area contributed by atoms with Crippen LogP contribution in [0.15, 0.2) is 24.3 Å². The molecule has 0 saturated carbocycles. The van der Waals surface area contributed by atoms with E-state index in [9.17, 15) is 4.79 Å². The van der Waals surface area contributed by atoms with E-state index in [-0.39, 0.29) is 5.97 Å². The molecule has 0 unspecified atom stereocenters. The van der Waals surface area contributed by atoms with Crippen LogP contribution in [0.2, 0.25) is 0 Å². The molecule has 15 heavy (non-hydrogen) atoms. The second-order valence-corrected chi connectivity index (χ2v) is 4.33. The van der Waals surface area contributed by atoms with Gasteiger partial charge in [0.2, 0.25) is 0 Å². The van der Waals surface area contributed by atoms with Gasteiger partial charge in [0.1, 0.15) is 0 Å². The Hall–Kier alpha value is -1.31. The van der Waals surface area contributed by atoms with Gasteiger partial charge in [-0.05, 0) is 37.3 Å². The Morgan fingerprint density at radius 3 is 2.87 bits per heavy atom. The van der Waals surface area contributed by atoms with Crippen LogP contribution in [0.5, 0.6) is 0 Å². The van der Waals surface area contributed by atoms with Crippen molar-refractivity contribution < 1.29 is 9.53 Å². The highest BCUT2D eigenvalue weighted by molar-refractivity contribution is 5.83. The third kappa shape index (κ3) is 1.54. The SMILES string of the molecule is COC(=O)[C@@]1(C)CCCc2ccccc21. The van der Waals surface area contributed by atoms with Crippen LogP contribution in [-0.2, 0) is 21.4 Å². The summed E-state index contributed by atoms with van der Waals surface area (Å²) in [4.78, 5) is 11.8. The molecule has 0 spiro atoms. The number of fused-ring (bicyclic) bond motifs is 1. The molecule has 0 heterocycles. The van der Waals surface area contributed by atoms with Gasteiger partial charge in [-0.1, -0.05) is 24.3 Å². The minimum Gasteiger partial charge on any atom is -0.468 e. The molecule has 1 aromatic rings. The number of esters is 1. The fourth-order valence-electron chi connectivity index (χ4n) is 2.48. The lowest BCUT2D eigenvalue weighted by Crippen LogP contribution is -2.37. The van der Waals surface area contributed by atoms with E-state index < -0.39 is 5.41 Å². The molecular formula is C13H16O2. The number of carbonyl (C=O) groups is 1. The van der Waals surface area contributed by atoms with E-state index >= 15 is 0 Å². The number of rotatable bonds is 1. The van der Waals surface area contributed by atoms with Crippen LogP contribution < -0.4 is 0 Å². The van der Waals surface area contributed by atoms with E-state index in [1.165, 1.54) is 12.7 Å². The third-order valence-electron chi connectivity index (χ3n) is 3.37. The average Bonchev–Trinajstić information content (AvgIpc) is 2.28. The summed E-state index contributed by atoms with van der Waals surface area (Å²) >= 11 is 0. The number of hydrogen-bond acceptors (Lipinski definition) is 2. The van der Waals surface area contributed by atoms with Crippen molar-refractivity contribution in [3.63, 3.8) is 0 Å². The minimum absolute atomic E-state index is 0.116. The number of hydrogen-bond donors (Lipinski definition) is 0. The Morgan fingerprint density at radius 1 is 1.40 bits per heavy atom. The van der Waals surface area contributed by atoms with E-state index in [2.05, 4.69) is 6.07 Å². The van der Waals surface area contributed by atoms with Crippen molar-refractivity contribution in [1.29, 1.82) is 0 Å². The van der Waals surface area contributed by atoms with Gasteiger partial charge in [0.25, 0.3) is 0 Å². The standard InChI is InChI=1S/C13H16O2/c1-13(12(14)15-2)9-5-7-10-6-3-4-8-11(10)13/h3-4,6,8H,5,7,9H2,1-2H3/t13-/m0/s1. The molecule has 0 bridgehead atoms. The lowest BCUT2D eigenvalue weighted by molar-refractivity contribution is -0.147. The molecule has 1 atom stereocenters. The molecule has 0 N–H and O–H groups in total. The molecular weight excluding hydrogens is 188 g/mol. The summed E-state index contributed by atoms with van der Waals surface area (Å²) in [5.41, 5.74) is 1.99. The maximum absolute atomic E-state index is 11.8. The quantitative estimate of drug-likeness (QED) is 0.657. The van der Waals surface area contributed by atoms with Crippen molar-refractivity contribution in [2.75, 3.05) is 7.11 Å². The normalized spacial score (nSPS) is 24.4. The van der Waals surface area contributed by atoms with Crippen molar-refractivity contribution in [2.45, 2.75) is 31.6 Å². The summed E-state index contributed by atoms with van der Waals surface area (Å²) in [6.07, 6.45) is 3.02. The van der Waals surface area contributed by atoms with Gasteiger partial charge in [0.05, 0.1) is 12.5 Å². The van der Waals surface area contributed by atoms with Crippen molar-refractivity contribution in [2.24, 2.45) is 0 Å². The maximum atomic E-state index is 11.8. The summed E-state index contributed by atoms with van der Waals surface area (Å²) in [6, 6.07) is 8.17. The highest BCUT2D eigenvalue weighted by Crippen LogP contribution is 2.37. The van der Waals surface area contributed by atoms with Gasteiger partial charge in [-0.2, -0.15) is 0 Å². The van der Waals surface area contributed by atoms with Crippen LogP contribution in [0.25, 0.3) is 0 Å². The van der Waals surface area contributed by atoms with E-state index in [1.807, 2.05) is 25.1 Å². The molecule has 2 rings (SSSR count). The number of methoxy groups -OCH3 is 1. The molecule has 2 heteroatoms. The van der Waals surface area contributed by atoms with Gasteiger partial charge in [0.15, 0.2) is 0 Å². The van der Waals surface area contributed by atoms with Gasteiger partial charge in [-0.15, -0.1) is 0 Å². The number of carbonyl (C=O) groups excluding carboxylic acids is 1. The van der Waals surface area contributed by atoms with Crippen LogP contribution in [0.1, 0.15) is 30.9 Å². The molecule has 1 aromatic carbocycles. The zero-order valence-corrected chi connectivity index (χ0v) is 9.25. The lowest BCUT2D eigenvalue weighted by Gasteiger charge is -2.33. The Balaban J connectivity index is 2.49. The summed E-state index contributed by atoms with van der Waals surface area (Å²) in [7, 11) is 1.46. The molecule has 0 saturated heterocycles. The van der Waals surface area contributed by atoms with E-state index in [4.69, 9.17) is 4.74 Å². The average molecular weight is 204 g/mol. The van der Waals surface area contributed by atoms with E-state index in [1.54, 1.807) is 0 Å². The van der Waals surface area contributed by atoms with Gasteiger partial charge in [-0.25, -0.2) is 0 Å². The summed E-state index contributed by atoms with van der Waals surface area (Å²) in [5.74, 6) is -0.116. The fraction of sp³-hybridized carbons (Fsp3) is 0.462. The second kappa shape index (κ2) is 3.69. The maximum Gasteiger partial charge on any atom is 0.316 e. The first-order valence-electron chi connectivity index (χ1n) is 5.35. The molecule has 0 radical (unpaired) electrons. The Morgan fingerprint density at radius 2 is 2.13 bits per heavy atom. The summed E-state index contributed by atoms with van der Waals surface area (Å²) in [6.45, 7) is 1.98. The van der Waals surface area contributed by atoms with Crippen molar-refractivity contribution in [1.82, 2.24) is 0 Å². The van der Waals surface area contributed by atoms with Crippen LogP contribution in [-0.4, -0.2) is 13.1 Å². The topological polar surface area (TPSA) is 26.3 Å². The molecule has 2 nitrogen and oxygen atoms in total. The molecule has 0 amide bonds. The Kier molecular flexibility index (Phi) is 2.51. The Labute approximate surface area is 90.3 Å². The van der Waals surface area contributed by atoms with E-state index in [0.29, 0.717) is 0 Å². The van der Waals surface area contributed by atoms with Gasteiger partial charge >= 0.3 is 5.97 Å². The fourth-order valence-corrected chi connectivity index (χ4v) is 2.48. The monoisotopic (exact) mass is 204 g/mol. The molecule has 0 fully saturated rings. The third-order valence-corrected chi connectivity index (χ3v) is 3.37. The predicted molar refractivity (Wildman–Crippen MR) is 58.7 cm³/mol. The largest absolute Gasteiger partial charge is 0.468 e. The van der Waals surface area contributed by atoms with Crippen LogP contribution in [0, 0.1) is 0 Å². The first-order valence-corrected chi connectivity index (χ1v) is 5.35. The van der Waals surface area contributed by atoms with Gasteiger partial charge < -0.3 is 4.74 Å². The smallest absolute Gasteiger partial charge is 0.316 e. The van der Waals surface area contributed by atoms with Crippen LogP contribution in [0.4, 0.5) is 0 Å². The number of aryl methyl sites for hydroxylation is 1. The van der Waals surface area contributed by atoms with Gasteiger partial charge in [0, 0.05) is 0 Å². The van der Waals surface area contributed by atoms with E-state index in [0.717, 1.165) is 24.8 Å². The molecule has 0 aliphatic heterocycles. The number of ether oxygens (including phenoxy) is 1. The molecule has 1 aliphatic rings. The van der Waals surface area contributed by atoms with Crippen molar-refractivity contribution >= 4 is 5.97 Å². The second-order valence-electron chi connectivity index (χ2n) is 4.33. The van der Waals surface area contributed by atoms with Crippen LogP contribution >= 0.6 is 0 Å². The zero-order valence-electron chi connectivity index (χ0n) is 9.25. The van der Waals surface area contributed by atoms with Crippen molar-refractivity contribution in [3.8, 4) is 0 Å². The highest BCUT2D eigenvalue weighted by Gasteiger charge is 2.39. The first kappa shape index (κ1) is 10.2. The summed E-state index contributed by atoms with van der Waals surface area (Å²) < 4.78 is 4.91. The molecule has 80 valence electrons. The first-order chi connectivity index (χ1) is 7.18. The van der Waals surface area contributed by atoms with Crippen molar-refractivity contribution in [3.05, 3.63) is 35.4 Å². The molecule has 1 aliphatic carbocycles. The Bertz CT molecular complexity index is 384. The van der Waals surface area contributed by atoms with Gasteiger partial charge in [-0.3, -0.25) is 4.79 Å².